The van der Waals surface area contributed by atoms with Gasteiger partial charge in [0.25, 0.3) is 5.91 Å². The summed E-state index contributed by atoms with van der Waals surface area (Å²) in [5.41, 5.74) is 3.01. The lowest BCUT2D eigenvalue weighted by molar-refractivity contribution is -0.118. The van der Waals surface area contributed by atoms with E-state index in [1.54, 1.807) is 24.3 Å². The minimum Gasteiger partial charge on any atom is -0.503 e. The Balaban J connectivity index is 2.12. The van der Waals surface area contributed by atoms with Gasteiger partial charge in [-0.25, -0.2) is 0 Å². The van der Waals surface area contributed by atoms with Gasteiger partial charge in [0, 0.05) is 24.7 Å². The predicted molar refractivity (Wildman–Crippen MR) is 121 cm³/mol. The molecule has 3 rings (SSSR count). The molecule has 162 valence electrons. The van der Waals surface area contributed by atoms with Crippen LogP contribution in [-0.2, 0) is 20.8 Å². The second kappa shape index (κ2) is 9.16. The van der Waals surface area contributed by atoms with Crippen LogP contribution in [0.4, 0.5) is 11.4 Å². The lowest BCUT2D eigenvalue weighted by Gasteiger charge is -2.27. The number of carbonyl (C=O) groups excluding carboxylic acids is 3. The van der Waals surface area contributed by atoms with Gasteiger partial charge >= 0.3 is 0 Å². The van der Waals surface area contributed by atoms with Crippen molar-refractivity contribution in [1.29, 1.82) is 0 Å². The third-order valence-corrected chi connectivity index (χ3v) is 5.25. The van der Waals surface area contributed by atoms with E-state index < -0.39 is 17.7 Å². The SMILES string of the molecule is CCc1ccc(C2C(C(=O)CC(C)C)=C(O)C(=O)N2c2cccc(NC(C)=O)c2)cc1. The fraction of sp³-hybridized carbons (Fsp3) is 0.320. The molecular formula is C25H28N2O4. The third-order valence-electron chi connectivity index (χ3n) is 5.25. The number of Topliss-reactive ketones (excluding diaryl/α,β-unsaturated/α-hetero) is 1. The van der Waals surface area contributed by atoms with Crippen LogP contribution in [0.5, 0.6) is 0 Å². The van der Waals surface area contributed by atoms with Gasteiger partial charge < -0.3 is 10.4 Å². The Hall–Kier alpha value is -3.41. The molecule has 6 heteroatoms. The first kappa shape index (κ1) is 22.3. The summed E-state index contributed by atoms with van der Waals surface area (Å²) in [4.78, 5) is 39.1. The van der Waals surface area contributed by atoms with E-state index >= 15 is 0 Å². The Labute approximate surface area is 182 Å². The predicted octanol–water partition coefficient (Wildman–Crippen LogP) is 4.72. The molecule has 1 unspecified atom stereocenters. The highest BCUT2D eigenvalue weighted by Gasteiger charge is 2.44. The number of ketones is 1. The zero-order valence-corrected chi connectivity index (χ0v) is 18.3. The lowest BCUT2D eigenvalue weighted by atomic mass is 9.91. The first-order chi connectivity index (χ1) is 14.7. The highest BCUT2D eigenvalue weighted by molar-refractivity contribution is 6.16. The Morgan fingerprint density at radius 1 is 1.13 bits per heavy atom. The maximum absolute atomic E-state index is 13.1. The summed E-state index contributed by atoms with van der Waals surface area (Å²) in [5.74, 6) is -1.53. The number of nitrogens with one attached hydrogen (secondary N) is 1. The van der Waals surface area contributed by atoms with Crippen molar-refractivity contribution in [1.82, 2.24) is 0 Å². The van der Waals surface area contributed by atoms with Gasteiger partial charge in [0.2, 0.25) is 5.91 Å². The van der Waals surface area contributed by atoms with Crippen LogP contribution in [0.3, 0.4) is 0 Å². The molecule has 0 saturated carbocycles. The van der Waals surface area contributed by atoms with Crippen LogP contribution in [0, 0.1) is 5.92 Å². The first-order valence-electron chi connectivity index (χ1n) is 10.5. The van der Waals surface area contributed by atoms with Gasteiger partial charge in [-0.3, -0.25) is 19.3 Å². The van der Waals surface area contributed by atoms with Gasteiger partial charge in [0.15, 0.2) is 11.5 Å². The van der Waals surface area contributed by atoms with Crippen LogP contribution < -0.4 is 10.2 Å². The summed E-state index contributed by atoms with van der Waals surface area (Å²) in [7, 11) is 0. The maximum Gasteiger partial charge on any atom is 0.294 e. The number of hydrogen-bond acceptors (Lipinski definition) is 4. The topological polar surface area (TPSA) is 86.7 Å². The van der Waals surface area contributed by atoms with E-state index in [0.717, 1.165) is 17.5 Å². The molecule has 0 aliphatic carbocycles. The summed E-state index contributed by atoms with van der Waals surface area (Å²) >= 11 is 0. The number of benzene rings is 2. The third kappa shape index (κ3) is 4.68. The van der Waals surface area contributed by atoms with Gasteiger partial charge in [-0.1, -0.05) is 51.1 Å². The van der Waals surface area contributed by atoms with E-state index in [2.05, 4.69) is 12.2 Å². The standard InChI is InChI=1S/C25H28N2O4/c1-5-17-9-11-18(12-10-17)23-22(21(29)13-15(2)3)24(30)25(31)27(23)20-8-6-7-19(14-20)26-16(4)28/h6-12,14-15,23,30H,5,13H2,1-4H3,(H,26,28). The molecular weight excluding hydrogens is 392 g/mol. The van der Waals surface area contributed by atoms with E-state index in [1.807, 2.05) is 38.1 Å². The maximum atomic E-state index is 13.1. The largest absolute Gasteiger partial charge is 0.503 e. The highest BCUT2D eigenvalue weighted by atomic mass is 16.3. The molecule has 0 aromatic heterocycles. The number of rotatable bonds is 7. The molecule has 2 amide bonds. The van der Waals surface area contributed by atoms with Crippen LogP contribution in [0.25, 0.3) is 0 Å². The summed E-state index contributed by atoms with van der Waals surface area (Å²) in [5, 5.41) is 13.4. The van der Waals surface area contributed by atoms with Crippen molar-refractivity contribution < 1.29 is 19.5 Å². The van der Waals surface area contributed by atoms with Crippen molar-refractivity contribution in [2.75, 3.05) is 10.2 Å². The van der Waals surface area contributed by atoms with E-state index in [9.17, 15) is 19.5 Å². The van der Waals surface area contributed by atoms with Crippen molar-refractivity contribution in [3.05, 3.63) is 71.0 Å². The Morgan fingerprint density at radius 2 is 1.81 bits per heavy atom. The van der Waals surface area contributed by atoms with E-state index in [0.29, 0.717) is 11.4 Å². The van der Waals surface area contributed by atoms with Crippen LogP contribution >= 0.6 is 0 Å². The average Bonchev–Trinajstić information content (AvgIpc) is 2.98. The Bertz CT molecular complexity index is 1040. The average molecular weight is 421 g/mol. The molecule has 6 nitrogen and oxygen atoms in total. The second-order valence-electron chi connectivity index (χ2n) is 8.19. The smallest absolute Gasteiger partial charge is 0.294 e. The summed E-state index contributed by atoms with van der Waals surface area (Å²) in [6.07, 6.45) is 1.10. The molecule has 0 radical (unpaired) electrons. The minimum atomic E-state index is -0.739. The Morgan fingerprint density at radius 3 is 2.39 bits per heavy atom. The number of carbonyl (C=O) groups is 3. The van der Waals surface area contributed by atoms with Crippen LogP contribution in [-0.4, -0.2) is 22.7 Å². The van der Waals surface area contributed by atoms with Crippen LogP contribution in [0.15, 0.2) is 59.9 Å². The highest BCUT2D eigenvalue weighted by Crippen LogP contribution is 2.42. The zero-order chi connectivity index (χ0) is 22.7. The lowest BCUT2D eigenvalue weighted by Crippen LogP contribution is -2.31. The van der Waals surface area contributed by atoms with E-state index in [-0.39, 0.29) is 29.6 Å². The number of nitrogens with zero attached hydrogens (tertiary/aromatic N) is 1. The second-order valence-corrected chi connectivity index (χ2v) is 8.19. The van der Waals surface area contributed by atoms with Gasteiger partial charge in [0.1, 0.15) is 0 Å². The molecule has 1 heterocycles. The molecule has 1 aliphatic rings. The fourth-order valence-electron chi connectivity index (χ4n) is 3.82. The van der Waals surface area contributed by atoms with E-state index in [1.165, 1.54) is 11.8 Å². The molecule has 31 heavy (non-hydrogen) atoms. The molecule has 0 spiro atoms. The van der Waals surface area contributed by atoms with Crippen LogP contribution in [0.2, 0.25) is 0 Å². The normalized spacial score (nSPS) is 16.2. The van der Waals surface area contributed by atoms with Crippen molar-refractivity contribution in [2.45, 2.75) is 46.6 Å². The molecule has 0 bridgehead atoms. The summed E-state index contributed by atoms with van der Waals surface area (Å²) in [6, 6.07) is 13.8. The number of aliphatic hydroxyl groups is 1. The molecule has 0 saturated heterocycles. The molecule has 0 fully saturated rings. The van der Waals surface area contributed by atoms with Gasteiger partial charge in [-0.2, -0.15) is 0 Å². The quantitative estimate of drug-likeness (QED) is 0.678. The summed E-state index contributed by atoms with van der Waals surface area (Å²) < 4.78 is 0. The molecule has 1 aliphatic heterocycles. The molecule has 2 aromatic rings. The van der Waals surface area contributed by atoms with Crippen molar-refractivity contribution in [2.24, 2.45) is 5.92 Å². The van der Waals surface area contributed by atoms with Gasteiger partial charge in [0.05, 0.1) is 11.6 Å². The van der Waals surface area contributed by atoms with Crippen molar-refractivity contribution in [3.63, 3.8) is 0 Å². The van der Waals surface area contributed by atoms with Gasteiger partial charge in [-0.05, 0) is 41.7 Å². The molecule has 2 aromatic carbocycles. The number of aliphatic hydroxyl groups excluding tert-OH is 1. The number of hydrogen-bond donors (Lipinski definition) is 2. The monoisotopic (exact) mass is 420 g/mol. The Kier molecular flexibility index (Phi) is 6.59. The minimum absolute atomic E-state index is 0.0863. The van der Waals surface area contributed by atoms with Crippen LogP contribution in [0.1, 0.15) is 51.3 Å². The molecule has 1 atom stereocenters. The fourth-order valence-corrected chi connectivity index (χ4v) is 3.82. The number of amides is 2. The number of aryl methyl sites for hydroxylation is 1. The number of anilines is 2. The van der Waals surface area contributed by atoms with Crippen molar-refractivity contribution in [3.8, 4) is 0 Å². The zero-order valence-electron chi connectivity index (χ0n) is 18.3. The first-order valence-corrected chi connectivity index (χ1v) is 10.5. The van der Waals surface area contributed by atoms with Crippen molar-refractivity contribution >= 4 is 29.0 Å². The summed E-state index contributed by atoms with van der Waals surface area (Å²) in [6.45, 7) is 7.30. The molecule has 2 N–H and O–H groups in total. The van der Waals surface area contributed by atoms with E-state index in [4.69, 9.17) is 0 Å². The van der Waals surface area contributed by atoms with Gasteiger partial charge in [-0.15, -0.1) is 0 Å².